The first kappa shape index (κ1) is 10.2. The van der Waals surface area contributed by atoms with Crippen molar-refractivity contribution in [3.63, 3.8) is 0 Å². The molecular weight excluding hydrogens is 236 g/mol. The van der Waals surface area contributed by atoms with Gasteiger partial charge < -0.3 is 5.11 Å². The third kappa shape index (κ3) is 1.88. The number of aromatic carboxylic acids is 1. The number of carboxylic acids is 1. The van der Waals surface area contributed by atoms with Crippen LogP contribution in [0.1, 0.15) is 10.4 Å². The molecule has 0 radical (unpaired) electrons. The van der Waals surface area contributed by atoms with Gasteiger partial charge in [0, 0.05) is 13.2 Å². The monoisotopic (exact) mass is 242 g/mol. The summed E-state index contributed by atoms with van der Waals surface area (Å²) in [6.07, 6.45) is 1.48. The van der Waals surface area contributed by atoms with Crippen molar-refractivity contribution in [2.45, 2.75) is 0 Å². The van der Waals surface area contributed by atoms with Gasteiger partial charge in [-0.15, -0.1) is 11.3 Å². The van der Waals surface area contributed by atoms with Gasteiger partial charge in [-0.2, -0.15) is 5.10 Å². The topological polar surface area (TPSA) is 55.1 Å². The van der Waals surface area contributed by atoms with Crippen molar-refractivity contribution in [1.82, 2.24) is 9.78 Å². The molecule has 2 rings (SSSR count). The van der Waals surface area contributed by atoms with E-state index < -0.39 is 5.97 Å². The van der Waals surface area contributed by atoms with Crippen LogP contribution >= 0.6 is 22.9 Å². The van der Waals surface area contributed by atoms with E-state index >= 15 is 0 Å². The molecule has 0 spiro atoms. The van der Waals surface area contributed by atoms with Gasteiger partial charge >= 0.3 is 5.97 Å². The predicted molar refractivity (Wildman–Crippen MR) is 58.5 cm³/mol. The Morgan fingerprint density at radius 3 is 2.87 bits per heavy atom. The number of hydrogen-bond donors (Lipinski definition) is 1. The molecule has 2 heterocycles. The number of rotatable bonds is 2. The molecule has 0 bridgehead atoms. The maximum atomic E-state index is 10.9. The average Bonchev–Trinajstić information content (AvgIpc) is 2.71. The molecule has 0 amide bonds. The molecule has 0 saturated carbocycles. The minimum Gasteiger partial charge on any atom is -0.478 e. The lowest BCUT2D eigenvalue weighted by molar-refractivity contribution is 0.0697. The van der Waals surface area contributed by atoms with E-state index in [2.05, 4.69) is 5.10 Å². The van der Waals surface area contributed by atoms with E-state index in [-0.39, 0.29) is 5.56 Å². The van der Waals surface area contributed by atoms with Crippen LogP contribution in [0.2, 0.25) is 4.34 Å². The molecule has 0 fully saturated rings. The summed E-state index contributed by atoms with van der Waals surface area (Å²) in [6.45, 7) is 0. The molecule has 0 aliphatic carbocycles. The predicted octanol–water partition coefficient (Wildman–Crippen LogP) is 2.50. The Hall–Kier alpha value is -1.33. The first-order valence-corrected chi connectivity index (χ1v) is 5.30. The number of hydrogen-bond acceptors (Lipinski definition) is 3. The SMILES string of the molecule is Cn1cc(C(=O)O)c(-c2ccc(Cl)s2)n1. The highest BCUT2D eigenvalue weighted by atomic mass is 35.5. The third-order valence-corrected chi connectivity index (χ3v) is 3.10. The zero-order chi connectivity index (χ0) is 11.0. The van der Waals surface area contributed by atoms with Crippen molar-refractivity contribution in [2.75, 3.05) is 0 Å². The Labute approximate surface area is 94.7 Å². The number of carboxylic acid groups (broad SMARTS) is 1. The Kier molecular flexibility index (Phi) is 2.50. The summed E-state index contributed by atoms with van der Waals surface area (Å²) >= 11 is 7.10. The van der Waals surface area contributed by atoms with Crippen LogP contribution in [0.15, 0.2) is 18.3 Å². The van der Waals surface area contributed by atoms with E-state index in [4.69, 9.17) is 16.7 Å². The van der Waals surface area contributed by atoms with Gasteiger partial charge in [0.25, 0.3) is 0 Å². The van der Waals surface area contributed by atoms with Gasteiger partial charge in [0.1, 0.15) is 11.3 Å². The Balaban J connectivity index is 2.56. The van der Waals surface area contributed by atoms with Gasteiger partial charge in [-0.25, -0.2) is 4.79 Å². The maximum absolute atomic E-state index is 10.9. The van der Waals surface area contributed by atoms with Crippen molar-refractivity contribution in [3.05, 3.63) is 28.2 Å². The smallest absolute Gasteiger partial charge is 0.339 e. The second-order valence-electron chi connectivity index (χ2n) is 2.97. The summed E-state index contributed by atoms with van der Waals surface area (Å²) in [6, 6.07) is 3.49. The third-order valence-electron chi connectivity index (χ3n) is 1.87. The normalized spacial score (nSPS) is 10.5. The van der Waals surface area contributed by atoms with E-state index in [0.717, 1.165) is 4.88 Å². The molecule has 0 atom stereocenters. The summed E-state index contributed by atoms with van der Waals surface area (Å²) in [7, 11) is 1.69. The number of aromatic nitrogens is 2. The molecule has 0 saturated heterocycles. The van der Waals surface area contributed by atoms with E-state index in [1.807, 2.05) is 0 Å². The fourth-order valence-electron chi connectivity index (χ4n) is 1.27. The van der Waals surface area contributed by atoms with Crippen molar-refractivity contribution < 1.29 is 9.90 Å². The first-order chi connectivity index (χ1) is 7.08. The standard InChI is InChI=1S/C9H7ClN2O2S/c1-12-4-5(9(13)14)8(11-12)6-2-3-7(10)15-6/h2-4H,1H3,(H,13,14). The Bertz CT molecular complexity index is 518. The minimum absolute atomic E-state index is 0.191. The molecule has 78 valence electrons. The largest absolute Gasteiger partial charge is 0.478 e. The lowest BCUT2D eigenvalue weighted by Crippen LogP contribution is -1.95. The van der Waals surface area contributed by atoms with Crippen molar-refractivity contribution in [1.29, 1.82) is 0 Å². The zero-order valence-corrected chi connectivity index (χ0v) is 9.34. The zero-order valence-electron chi connectivity index (χ0n) is 7.77. The number of nitrogens with zero attached hydrogens (tertiary/aromatic N) is 2. The second kappa shape index (κ2) is 3.67. The van der Waals surface area contributed by atoms with Crippen molar-refractivity contribution >= 4 is 28.9 Å². The second-order valence-corrected chi connectivity index (χ2v) is 4.69. The molecule has 0 aliphatic heterocycles. The van der Waals surface area contributed by atoms with Crippen LogP contribution < -0.4 is 0 Å². The van der Waals surface area contributed by atoms with Crippen LogP contribution in [-0.4, -0.2) is 20.9 Å². The van der Waals surface area contributed by atoms with Crippen LogP contribution in [-0.2, 0) is 7.05 Å². The number of aryl methyl sites for hydroxylation is 1. The lowest BCUT2D eigenvalue weighted by atomic mass is 10.2. The van der Waals surface area contributed by atoms with E-state index in [9.17, 15) is 4.79 Å². The van der Waals surface area contributed by atoms with Gasteiger partial charge in [-0.3, -0.25) is 4.68 Å². The van der Waals surface area contributed by atoms with Crippen LogP contribution in [0, 0.1) is 0 Å². The highest BCUT2D eigenvalue weighted by molar-refractivity contribution is 7.19. The maximum Gasteiger partial charge on any atom is 0.339 e. The number of halogens is 1. The summed E-state index contributed by atoms with van der Waals surface area (Å²) in [4.78, 5) is 11.7. The van der Waals surface area contributed by atoms with Gasteiger partial charge in [0.15, 0.2) is 0 Å². The van der Waals surface area contributed by atoms with Gasteiger partial charge in [-0.05, 0) is 12.1 Å². The summed E-state index contributed by atoms with van der Waals surface area (Å²) < 4.78 is 2.10. The quantitative estimate of drug-likeness (QED) is 0.880. The highest BCUT2D eigenvalue weighted by Gasteiger charge is 2.17. The summed E-state index contributed by atoms with van der Waals surface area (Å²) in [5.74, 6) is -0.984. The van der Waals surface area contributed by atoms with Gasteiger partial charge in [0.05, 0.1) is 9.21 Å². The molecule has 1 N–H and O–H groups in total. The first-order valence-electron chi connectivity index (χ1n) is 4.10. The molecule has 2 aromatic rings. The molecular formula is C9H7ClN2O2S. The van der Waals surface area contributed by atoms with Crippen molar-refractivity contribution in [2.24, 2.45) is 7.05 Å². The highest BCUT2D eigenvalue weighted by Crippen LogP contribution is 2.31. The molecule has 15 heavy (non-hydrogen) atoms. The average molecular weight is 243 g/mol. The Morgan fingerprint density at radius 2 is 2.33 bits per heavy atom. The van der Waals surface area contributed by atoms with Gasteiger partial charge in [0.2, 0.25) is 0 Å². The fraction of sp³-hybridized carbons (Fsp3) is 0.111. The van der Waals surface area contributed by atoms with E-state index in [0.29, 0.717) is 10.0 Å². The Morgan fingerprint density at radius 1 is 1.60 bits per heavy atom. The number of thiophene rings is 1. The summed E-state index contributed by atoms with van der Waals surface area (Å²) in [5.41, 5.74) is 0.651. The molecule has 4 nitrogen and oxygen atoms in total. The fourth-order valence-corrected chi connectivity index (χ4v) is 2.31. The molecule has 0 unspecified atom stereocenters. The minimum atomic E-state index is -0.984. The van der Waals surface area contributed by atoms with Crippen LogP contribution in [0.25, 0.3) is 10.6 Å². The summed E-state index contributed by atoms with van der Waals surface area (Å²) in [5, 5.41) is 13.1. The van der Waals surface area contributed by atoms with Crippen LogP contribution in [0.4, 0.5) is 0 Å². The molecule has 0 aliphatic rings. The molecule has 2 aromatic heterocycles. The number of carbonyl (C=O) groups is 1. The van der Waals surface area contributed by atoms with Crippen LogP contribution in [0.5, 0.6) is 0 Å². The van der Waals surface area contributed by atoms with E-state index in [1.165, 1.54) is 22.2 Å². The van der Waals surface area contributed by atoms with Crippen molar-refractivity contribution in [3.8, 4) is 10.6 Å². The van der Waals surface area contributed by atoms with E-state index in [1.54, 1.807) is 19.2 Å². The molecule has 0 aromatic carbocycles. The molecule has 6 heteroatoms. The lowest BCUT2D eigenvalue weighted by Gasteiger charge is -1.92. The van der Waals surface area contributed by atoms with Crippen LogP contribution in [0.3, 0.4) is 0 Å². The van der Waals surface area contributed by atoms with Gasteiger partial charge in [-0.1, -0.05) is 11.6 Å².